The molecule has 1 aromatic rings. The van der Waals surface area contributed by atoms with Gasteiger partial charge in [0, 0.05) is 11.7 Å². The minimum atomic E-state index is -0.283. The molecular weight excluding hydrogens is 260 g/mol. The van der Waals surface area contributed by atoms with E-state index in [0.717, 1.165) is 30.8 Å². The first-order valence-electron chi connectivity index (χ1n) is 8.25. The fourth-order valence-electron chi connectivity index (χ4n) is 3.72. The molecule has 118 valence electrons. The molecule has 0 aliphatic heterocycles. The molecule has 0 amide bonds. The van der Waals surface area contributed by atoms with E-state index in [4.69, 9.17) is 10.5 Å². The topological polar surface area (TPSA) is 48.1 Å². The van der Waals surface area contributed by atoms with Gasteiger partial charge >= 0.3 is 0 Å². The molecule has 1 aliphatic rings. The molecule has 0 spiro atoms. The Labute approximate surface area is 129 Å². The van der Waals surface area contributed by atoms with Gasteiger partial charge in [-0.3, -0.25) is 4.98 Å². The molecule has 1 fully saturated rings. The predicted octanol–water partition coefficient (Wildman–Crippen LogP) is 4.26. The summed E-state index contributed by atoms with van der Waals surface area (Å²) in [6.45, 7) is 9.74. The molecule has 0 radical (unpaired) electrons. The normalized spacial score (nSPS) is 26.6. The average Bonchev–Trinajstić information content (AvgIpc) is 2.44. The minimum Gasteiger partial charge on any atom is -0.492 e. The van der Waals surface area contributed by atoms with Gasteiger partial charge in [0.1, 0.15) is 5.75 Å². The first-order valence-corrected chi connectivity index (χ1v) is 8.25. The van der Waals surface area contributed by atoms with Gasteiger partial charge in [0.2, 0.25) is 0 Å². The molecule has 21 heavy (non-hydrogen) atoms. The summed E-state index contributed by atoms with van der Waals surface area (Å²) < 4.78 is 5.73. The number of ether oxygens (including phenoxy) is 1. The van der Waals surface area contributed by atoms with Crippen LogP contribution in [0.15, 0.2) is 18.5 Å². The fraction of sp³-hybridized carbons (Fsp3) is 0.722. The van der Waals surface area contributed by atoms with Crippen LogP contribution in [0.2, 0.25) is 0 Å². The number of hydrogen-bond acceptors (Lipinski definition) is 3. The van der Waals surface area contributed by atoms with E-state index in [-0.39, 0.29) is 11.0 Å². The SMILES string of the molecule is CCCOc1cncc(C2(N)CCCCC2C(C)(C)C)c1. The largest absolute Gasteiger partial charge is 0.492 e. The Morgan fingerprint density at radius 2 is 2.10 bits per heavy atom. The summed E-state index contributed by atoms with van der Waals surface area (Å²) in [4.78, 5) is 4.37. The lowest BCUT2D eigenvalue weighted by molar-refractivity contribution is 0.0773. The standard InChI is InChI=1S/C18H30N2O/c1-5-10-21-15-11-14(12-20-13-15)18(19)9-7-6-8-16(18)17(2,3)4/h11-13,16H,5-10,19H2,1-4H3. The Bertz CT molecular complexity index is 467. The number of rotatable bonds is 4. The van der Waals surface area contributed by atoms with Crippen molar-refractivity contribution in [3.63, 3.8) is 0 Å². The van der Waals surface area contributed by atoms with Crippen LogP contribution in [0.5, 0.6) is 5.75 Å². The van der Waals surface area contributed by atoms with E-state index >= 15 is 0 Å². The minimum absolute atomic E-state index is 0.204. The number of pyridine rings is 1. The molecule has 1 heterocycles. The van der Waals surface area contributed by atoms with Crippen molar-refractivity contribution in [2.75, 3.05) is 6.61 Å². The third-order valence-electron chi connectivity index (χ3n) is 4.72. The summed E-state index contributed by atoms with van der Waals surface area (Å²) in [5, 5.41) is 0. The van der Waals surface area contributed by atoms with Crippen molar-refractivity contribution in [3.8, 4) is 5.75 Å². The number of aromatic nitrogens is 1. The summed E-state index contributed by atoms with van der Waals surface area (Å²) in [5.41, 5.74) is 7.97. The maximum Gasteiger partial charge on any atom is 0.137 e. The van der Waals surface area contributed by atoms with E-state index in [9.17, 15) is 0 Å². The second kappa shape index (κ2) is 6.35. The van der Waals surface area contributed by atoms with Crippen LogP contribution < -0.4 is 10.5 Å². The number of nitrogens with two attached hydrogens (primary N) is 1. The van der Waals surface area contributed by atoms with E-state index in [0.29, 0.717) is 5.92 Å². The van der Waals surface area contributed by atoms with Gasteiger partial charge in [0.15, 0.2) is 0 Å². The third kappa shape index (κ3) is 3.57. The lowest BCUT2D eigenvalue weighted by atomic mass is 9.60. The van der Waals surface area contributed by atoms with Crippen LogP contribution in [0, 0.1) is 11.3 Å². The van der Waals surface area contributed by atoms with Crippen molar-refractivity contribution in [2.24, 2.45) is 17.1 Å². The molecule has 2 N–H and O–H groups in total. The van der Waals surface area contributed by atoms with Crippen LogP contribution in [-0.4, -0.2) is 11.6 Å². The highest BCUT2D eigenvalue weighted by Gasteiger charge is 2.44. The van der Waals surface area contributed by atoms with Crippen LogP contribution in [0.4, 0.5) is 0 Å². The van der Waals surface area contributed by atoms with Crippen LogP contribution in [-0.2, 0) is 5.54 Å². The van der Waals surface area contributed by atoms with Gasteiger partial charge in [-0.1, -0.05) is 40.5 Å². The Kier molecular flexibility index (Phi) is 4.92. The Morgan fingerprint density at radius 1 is 1.33 bits per heavy atom. The van der Waals surface area contributed by atoms with Crippen molar-refractivity contribution in [1.29, 1.82) is 0 Å². The summed E-state index contributed by atoms with van der Waals surface area (Å²) in [6.07, 6.45) is 9.43. The third-order valence-corrected chi connectivity index (χ3v) is 4.72. The predicted molar refractivity (Wildman–Crippen MR) is 87.3 cm³/mol. The van der Waals surface area contributed by atoms with Gasteiger partial charge in [0.25, 0.3) is 0 Å². The molecule has 3 nitrogen and oxygen atoms in total. The maximum atomic E-state index is 6.91. The number of nitrogens with zero attached hydrogens (tertiary/aromatic N) is 1. The van der Waals surface area contributed by atoms with E-state index in [1.165, 1.54) is 19.3 Å². The van der Waals surface area contributed by atoms with E-state index < -0.39 is 0 Å². The van der Waals surface area contributed by atoms with Gasteiger partial charge in [-0.15, -0.1) is 0 Å². The zero-order valence-electron chi connectivity index (χ0n) is 14.0. The molecule has 2 atom stereocenters. The highest BCUT2D eigenvalue weighted by molar-refractivity contribution is 5.31. The fourth-order valence-corrected chi connectivity index (χ4v) is 3.72. The van der Waals surface area contributed by atoms with E-state index in [1.54, 1.807) is 6.20 Å². The Hall–Kier alpha value is -1.09. The maximum absolute atomic E-state index is 6.91. The summed E-state index contributed by atoms with van der Waals surface area (Å²) in [7, 11) is 0. The van der Waals surface area contributed by atoms with Gasteiger partial charge in [0.05, 0.1) is 12.8 Å². The Morgan fingerprint density at radius 3 is 2.76 bits per heavy atom. The zero-order valence-corrected chi connectivity index (χ0v) is 14.0. The molecule has 1 aliphatic carbocycles. The van der Waals surface area contributed by atoms with Crippen molar-refractivity contribution < 1.29 is 4.74 Å². The molecule has 1 saturated carbocycles. The molecule has 0 aromatic carbocycles. The second-order valence-electron chi connectivity index (χ2n) is 7.46. The highest BCUT2D eigenvalue weighted by atomic mass is 16.5. The van der Waals surface area contributed by atoms with Crippen LogP contribution in [0.25, 0.3) is 0 Å². The van der Waals surface area contributed by atoms with Crippen LogP contribution in [0.1, 0.15) is 65.4 Å². The van der Waals surface area contributed by atoms with Crippen molar-refractivity contribution in [1.82, 2.24) is 4.98 Å². The van der Waals surface area contributed by atoms with Gasteiger partial charge in [-0.2, -0.15) is 0 Å². The van der Waals surface area contributed by atoms with Gasteiger partial charge in [-0.05, 0) is 42.2 Å². The quantitative estimate of drug-likeness (QED) is 0.901. The Balaban J connectivity index is 2.32. The molecule has 3 heteroatoms. The van der Waals surface area contributed by atoms with E-state index in [1.807, 2.05) is 6.20 Å². The van der Waals surface area contributed by atoms with Crippen molar-refractivity contribution >= 4 is 0 Å². The first kappa shape index (κ1) is 16.3. The van der Waals surface area contributed by atoms with Gasteiger partial charge < -0.3 is 10.5 Å². The summed E-state index contributed by atoms with van der Waals surface area (Å²) >= 11 is 0. The molecule has 2 unspecified atom stereocenters. The molecule has 2 rings (SSSR count). The lowest BCUT2D eigenvalue weighted by Crippen LogP contribution is -2.51. The second-order valence-corrected chi connectivity index (χ2v) is 7.46. The summed E-state index contributed by atoms with van der Waals surface area (Å²) in [5.74, 6) is 1.32. The van der Waals surface area contributed by atoms with Crippen LogP contribution in [0.3, 0.4) is 0 Å². The number of hydrogen-bond donors (Lipinski definition) is 1. The van der Waals surface area contributed by atoms with Gasteiger partial charge in [-0.25, -0.2) is 0 Å². The molecular formula is C18H30N2O. The lowest BCUT2D eigenvalue weighted by Gasteiger charge is -2.48. The zero-order chi connectivity index (χ0) is 15.5. The van der Waals surface area contributed by atoms with Crippen molar-refractivity contribution in [3.05, 3.63) is 24.0 Å². The average molecular weight is 290 g/mol. The highest BCUT2D eigenvalue weighted by Crippen LogP contribution is 2.48. The summed E-state index contributed by atoms with van der Waals surface area (Å²) in [6, 6.07) is 2.10. The van der Waals surface area contributed by atoms with Crippen LogP contribution >= 0.6 is 0 Å². The first-order chi connectivity index (χ1) is 9.88. The molecule has 1 aromatic heterocycles. The monoisotopic (exact) mass is 290 g/mol. The van der Waals surface area contributed by atoms with Crippen molar-refractivity contribution in [2.45, 2.75) is 65.3 Å². The van der Waals surface area contributed by atoms with E-state index in [2.05, 4.69) is 38.7 Å². The molecule has 0 bridgehead atoms. The molecule has 0 saturated heterocycles. The smallest absolute Gasteiger partial charge is 0.137 e.